The number of aryl methyl sites for hydroxylation is 1. The van der Waals surface area contributed by atoms with E-state index < -0.39 is 0 Å². The fraction of sp³-hybridized carbons (Fsp3) is 0.294. The molecular formula is C17H17BrClN. The van der Waals surface area contributed by atoms with E-state index in [1.165, 1.54) is 30.4 Å². The summed E-state index contributed by atoms with van der Waals surface area (Å²) in [4.78, 5) is 0. The van der Waals surface area contributed by atoms with E-state index in [0.29, 0.717) is 6.04 Å². The van der Waals surface area contributed by atoms with Crippen LogP contribution in [0.3, 0.4) is 0 Å². The van der Waals surface area contributed by atoms with Crippen LogP contribution < -0.4 is 5.32 Å². The van der Waals surface area contributed by atoms with Gasteiger partial charge in [-0.15, -0.1) is 0 Å². The highest BCUT2D eigenvalue weighted by Gasteiger charge is 2.18. The van der Waals surface area contributed by atoms with Gasteiger partial charge in [0.05, 0.1) is 16.8 Å². The van der Waals surface area contributed by atoms with Gasteiger partial charge in [-0.1, -0.05) is 58.2 Å². The molecule has 1 N–H and O–H groups in total. The maximum absolute atomic E-state index is 6.30. The Kier molecular flexibility index (Phi) is 4.32. The third kappa shape index (κ3) is 3.02. The number of hydrogen-bond donors (Lipinski definition) is 1. The van der Waals surface area contributed by atoms with Crippen molar-refractivity contribution in [2.24, 2.45) is 0 Å². The molecule has 1 aliphatic rings. The Labute approximate surface area is 133 Å². The van der Waals surface area contributed by atoms with Gasteiger partial charge in [0.15, 0.2) is 0 Å². The van der Waals surface area contributed by atoms with Crippen molar-refractivity contribution in [2.75, 3.05) is 5.32 Å². The lowest BCUT2D eigenvalue weighted by molar-refractivity contribution is 0.644. The first-order valence-corrected chi connectivity index (χ1v) is 8.20. The fourth-order valence-corrected chi connectivity index (χ4v) is 3.40. The monoisotopic (exact) mass is 349 g/mol. The summed E-state index contributed by atoms with van der Waals surface area (Å²) < 4.78 is 1.05. The van der Waals surface area contributed by atoms with Gasteiger partial charge in [0.25, 0.3) is 0 Å². The van der Waals surface area contributed by atoms with E-state index in [-0.39, 0.29) is 0 Å². The Balaban J connectivity index is 1.92. The maximum atomic E-state index is 6.30. The number of benzene rings is 2. The van der Waals surface area contributed by atoms with E-state index in [1.807, 2.05) is 12.1 Å². The second-order valence-corrected chi connectivity index (χ2v) is 6.59. The van der Waals surface area contributed by atoms with Crippen LogP contribution in [0, 0.1) is 0 Å². The van der Waals surface area contributed by atoms with Crippen molar-refractivity contribution in [3.63, 3.8) is 0 Å². The number of fused-ring (bicyclic) bond motifs is 1. The molecule has 0 radical (unpaired) electrons. The number of nitrogens with one attached hydrogen (secondary N) is 1. The molecular weight excluding hydrogens is 334 g/mol. The zero-order valence-corrected chi connectivity index (χ0v) is 13.5. The lowest BCUT2D eigenvalue weighted by atomic mass is 9.99. The topological polar surface area (TPSA) is 12.0 Å². The molecule has 1 nitrogen and oxygen atoms in total. The third-order valence-corrected chi connectivity index (χ3v) is 4.70. The lowest BCUT2D eigenvalue weighted by Gasteiger charge is -2.21. The highest BCUT2D eigenvalue weighted by molar-refractivity contribution is 9.10. The molecule has 1 atom stereocenters. The lowest BCUT2D eigenvalue weighted by Crippen LogP contribution is -2.11. The molecule has 3 heteroatoms. The number of halogens is 2. The highest BCUT2D eigenvalue weighted by Crippen LogP contribution is 2.34. The molecule has 0 saturated carbocycles. The predicted molar refractivity (Wildman–Crippen MR) is 89.5 cm³/mol. The molecule has 3 rings (SSSR count). The molecule has 0 heterocycles. The summed E-state index contributed by atoms with van der Waals surface area (Å²) in [6.45, 7) is 0. The largest absolute Gasteiger partial charge is 0.377 e. The average molecular weight is 351 g/mol. The Morgan fingerprint density at radius 2 is 1.95 bits per heavy atom. The van der Waals surface area contributed by atoms with Crippen molar-refractivity contribution in [3.05, 3.63) is 63.1 Å². The molecule has 0 spiro atoms. The van der Waals surface area contributed by atoms with Gasteiger partial charge in [-0.3, -0.25) is 0 Å². The highest BCUT2D eigenvalue weighted by atomic mass is 79.9. The van der Waals surface area contributed by atoms with Crippen LogP contribution in [0.2, 0.25) is 5.02 Å². The second-order valence-electron chi connectivity index (χ2n) is 5.27. The van der Waals surface area contributed by atoms with Crippen molar-refractivity contribution < 1.29 is 0 Å². The summed E-state index contributed by atoms with van der Waals surface area (Å²) in [6.07, 6.45) is 4.85. The van der Waals surface area contributed by atoms with Gasteiger partial charge in [0, 0.05) is 4.47 Å². The number of anilines is 1. The Bertz CT molecular complexity index is 612. The zero-order valence-electron chi connectivity index (χ0n) is 11.2. The quantitative estimate of drug-likeness (QED) is 0.657. The molecule has 2 aromatic rings. The fourth-order valence-electron chi connectivity index (χ4n) is 2.87. The molecule has 0 bridgehead atoms. The van der Waals surface area contributed by atoms with Gasteiger partial charge in [0.2, 0.25) is 0 Å². The smallest absolute Gasteiger partial charge is 0.0638 e. The van der Waals surface area contributed by atoms with Gasteiger partial charge >= 0.3 is 0 Å². The van der Waals surface area contributed by atoms with Crippen molar-refractivity contribution >= 4 is 33.2 Å². The molecule has 2 aromatic carbocycles. The van der Waals surface area contributed by atoms with Gasteiger partial charge in [-0.05, 0) is 48.6 Å². The van der Waals surface area contributed by atoms with Gasteiger partial charge in [0.1, 0.15) is 0 Å². The van der Waals surface area contributed by atoms with Gasteiger partial charge < -0.3 is 5.32 Å². The molecule has 0 aromatic heterocycles. The Morgan fingerprint density at radius 1 is 1.10 bits per heavy atom. The van der Waals surface area contributed by atoms with Crippen molar-refractivity contribution in [2.45, 2.75) is 31.7 Å². The van der Waals surface area contributed by atoms with Crippen molar-refractivity contribution in [1.29, 1.82) is 0 Å². The second kappa shape index (κ2) is 6.19. The van der Waals surface area contributed by atoms with Crippen LogP contribution in [0.1, 0.15) is 36.4 Å². The standard InChI is InChI=1S/C17H17BrClN/c18-13-9-10-15(19)17(11-13)20-16-8-4-2-6-12-5-1-3-7-14(12)16/h1,3,5,7,9-11,16,20H,2,4,6,8H2. The van der Waals surface area contributed by atoms with E-state index >= 15 is 0 Å². The number of hydrogen-bond acceptors (Lipinski definition) is 1. The first kappa shape index (κ1) is 14.0. The maximum Gasteiger partial charge on any atom is 0.0638 e. The van der Waals surface area contributed by atoms with Gasteiger partial charge in [-0.25, -0.2) is 0 Å². The summed E-state index contributed by atoms with van der Waals surface area (Å²) in [7, 11) is 0. The number of rotatable bonds is 2. The molecule has 0 fully saturated rings. The summed E-state index contributed by atoms with van der Waals surface area (Å²) in [5.41, 5.74) is 3.89. The minimum Gasteiger partial charge on any atom is -0.377 e. The Morgan fingerprint density at radius 3 is 2.85 bits per heavy atom. The van der Waals surface area contributed by atoms with Crippen LogP contribution in [0.4, 0.5) is 5.69 Å². The molecule has 0 amide bonds. The van der Waals surface area contributed by atoms with E-state index in [9.17, 15) is 0 Å². The molecule has 0 saturated heterocycles. The minimum absolute atomic E-state index is 0.348. The zero-order chi connectivity index (χ0) is 13.9. The van der Waals surface area contributed by atoms with Gasteiger partial charge in [-0.2, -0.15) is 0 Å². The summed E-state index contributed by atoms with van der Waals surface area (Å²) >= 11 is 9.81. The molecule has 0 aliphatic heterocycles. The molecule has 104 valence electrons. The van der Waals surface area contributed by atoms with Crippen LogP contribution in [-0.4, -0.2) is 0 Å². The van der Waals surface area contributed by atoms with Crippen LogP contribution in [0.5, 0.6) is 0 Å². The van der Waals surface area contributed by atoms with Crippen LogP contribution in [-0.2, 0) is 6.42 Å². The first-order chi connectivity index (χ1) is 9.74. The predicted octanol–water partition coefficient (Wildman–Crippen LogP) is 5.98. The van der Waals surface area contributed by atoms with Crippen molar-refractivity contribution in [3.8, 4) is 0 Å². The molecule has 20 heavy (non-hydrogen) atoms. The van der Waals surface area contributed by atoms with Crippen LogP contribution in [0.15, 0.2) is 46.9 Å². The summed E-state index contributed by atoms with van der Waals surface area (Å²) in [5, 5.41) is 4.40. The molecule has 1 unspecified atom stereocenters. The first-order valence-electron chi connectivity index (χ1n) is 7.03. The normalized spacial score (nSPS) is 18.2. The van der Waals surface area contributed by atoms with Crippen LogP contribution >= 0.6 is 27.5 Å². The van der Waals surface area contributed by atoms with Crippen LogP contribution in [0.25, 0.3) is 0 Å². The van der Waals surface area contributed by atoms with Crippen molar-refractivity contribution in [1.82, 2.24) is 0 Å². The van der Waals surface area contributed by atoms with E-state index in [0.717, 1.165) is 21.6 Å². The minimum atomic E-state index is 0.348. The van der Waals surface area contributed by atoms with E-state index in [2.05, 4.69) is 51.6 Å². The average Bonchev–Trinajstić information content (AvgIpc) is 2.66. The summed E-state index contributed by atoms with van der Waals surface area (Å²) in [5.74, 6) is 0. The SMILES string of the molecule is Clc1ccc(Br)cc1NC1CCCCc2ccccc21. The van der Waals surface area contributed by atoms with E-state index in [4.69, 9.17) is 11.6 Å². The summed E-state index contributed by atoms with van der Waals surface area (Å²) in [6, 6.07) is 15.0. The van der Waals surface area contributed by atoms with E-state index in [1.54, 1.807) is 0 Å². The third-order valence-electron chi connectivity index (χ3n) is 3.88. The Hall–Kier alpha value is -0.990. The molecule has 1 aliphatic carbocycles.